The van der Waals surface area contributed by atoms with E-state index >= 15 is 0 Å². The van der Waals surface area contributed by atoms with Gasteiger partial charge in [0.15, 0.2) is 5.78 Å². The Hall–Kier alpha value is -1.75. The molecular formula is C11H8BrN3O. The summed E-state index contributed by atoms with van der Waals surface area (Å²) in [6.07, 6.45) is 4.33. The maximum absolute atomic E-state index is 12.1. The number of ketones is 1. The van der Waals surface area contributed by atoms with Crippen molar-refractivity contribution in [1.29, 1.82) is 0 Å². The van der Waals surface area contributed by atoms with Crippen LogP contribution in [0.25, 0.3) is 0 Å². The van der Waals surface area contributed by atoms with Gasteiger partial charge < -0.3 is 5.73 Å². The van der Waals surface area contributed by atoms with E-state index in [2.05, 4.69) is 25.9 Å². The highest BCUT2D eigenvalue weighted by Crippen LogP contribution is 2.22. The van der Waals surface area contributed by atoms with E-state index in [9.17, 15) is 4.79 Å². The lowest BCUT2D eigenvalue weighted by Crippen LogP contribution is -2.04. The zero-order valence-corrected chi connectivity index (χ0v) is 9.81. The summed E-state index contributed by atoms with van der Waals surface area (Å²) in [5.41, 5.74) is 7.13. The lowest BCUT2D eigenvalue weighted by atomic mass is 10.1. The lowest BCUT2D eigenvalue weighted by molar-refractivity contribution is 0.103. The quantitative estimate of drug-likeness (QED) is 0.674. The van der Waals surface area contributed by atoms with Crippen molar-refractivity contribution in [2.24, 2.45) is 0 Å². The molecule has 0 fully saturated rings. The van der Waals surface area contributed by atoms with Crippen molar-refractivity contribution < 1.29 is 4.79 Å². The normalized spacial score (nSPS) is 10.1. The fourth-order valence-corrected chi connectivity index (χ4v) is 1.72. The van der Waals surface area contributed by atoms with Gasteiger partial charge in [0.25, 0.3) is 0 Å². The van der Waals surface area contributed by atoms with Gasteiger partial charge >= 0.3 is 0 Å². The maximum Gasteiger partial charge on any atom is 0.197 e. The number of nitrogen functional groups attached to an aromatic ring is 1. The SMILES string of the molecule is Nc1ccc(Br)c(C(=O)c2cncnc2)c1. The van der Waals surface area contributed by atoms with E-state index in [-0.39, 0.29) is 5.78 Å². The van der Waals surface area contributed by atoms with Crippen LogP contribution in [0.3, 0.4) is 0 Å². The predicted octanol–water partition coefficient (Wildman–Crippen LogP) is 2.05. The maximum atomic E-state index is 12.1. The number of nitrogens with zero attached hydrogens (tertiary/aromatic N) is 2. The molecule has 0 aliphatic heterocycles. The lowest BCUT2D eigenvalue weighted by Gasteiger charge is -2.04. The predicted molar refractivity (Wildman–Crippen MR) is 64.0 cm³/mol. The van der Waals surface area contributed by atoms with Gasteiger partial charge in [-0.05, 0) is 18.2 Å². The number of rotatable bonds is 2. The summed E-state index contributed by atoms with van der Waals surface area (Å²) in [6.45, 7) is 0. The summed E-state index contributed by atoms with van der Waals surface area (Å²) in [4.78, 5) is 19.7. The molecule has 4 nitrogen and oxygen atoms in total. The van der Waals surface area contributed by atoms with Crippen molar-refractivity contribution in [1.82, 2.24) is 9.97 Å². The van der Waals surface area contributed by atoms with Gasteiger partial charge in [0.05, 0.1) is 5.56 Å². The number of carbonyl (C=O) groups excluding carboxylic acids is 1. The Morgan fingerprint density at radius 1 is 1.25 bits per heavy atom. The van der Waals surface area contributed by atoms with Crippen LogP contribution in [0, 0.1) is 0 Å². The second-order valence-corrected chi connectivity index (χ2v) is 4.05. The fourth-order valence-electron chi connectivity index (χ4n) is 1.29. The molecule has 2 aromatic rings. The first kappa shape index (κ1) is 10.8. The molecule has 0 bridgehead atoms. The van der Waals surface area contributed by atoms with Gasteiger partial charge in [-0.2, -0.15) is 0 Å². The molecule has 0 amide bonds. The van der Waals surface area contributed by atoms with Crippen molar-refractivity contribution in [3.8, 4) is 0 Å². The molecule has 0 unspecified atom stereocenters. The summed E-state index contributed by atoms with van der Waals surface area (Å²) >= 11 is 3.31. The molecule has 0 aliphatic carbocycles. The highest BCUT2D eigenvalue weighted by Gasteiger charge is 2.13. The molecule has 1 aromatic heterocycles. The third-order valence-corrected chi connectivity index (χ3v) is 2.75. The van der Waals surface area contributed by atoms with Gasteiger partial charge in [-0.3, -0.25) is 4.79 Å². The second kappa shape index (κ2) is 4.40. The first-order valence-electron chi connectivity index (χ1n) is 4.53. The largest absolute Gasteiger partial charge is 0.399 e. The van der Waals surface area contributed by atoms with Crippen LogP contribution in [0.2, 0.25) is 0 Å². The number of benzene rings is 1. The molecule has 2 rings (SSSR count). The molecule has 0 saturated heterocycles. The third-order valence-electron chi connectivity index (χ3n) is 2.06. The Bertz CT molecular complexity index is 528. The van der Waals surface area contributed by atoms with E-state index in [0.717, 1.165) is 0 Å². The summed E-state index contributed by atoms with van der Waals surface area (Å²) in [6, 6.07) is 5.09. The highest BCUT2D eigenvalue weighted by molar-refractivity contribution is 9.10. The van der Waals surface area contributed by atoms with Crippen LogP contribution >= 0.6 is 15.9 Å². The van der Waals surface area contributed by atoms with E-state index in [1.807, 2.05) is 0 Å². The third kappa shape index (κ3) is 2.09. The summed E-state index contributed by atoms with van der Waals surface area (Å²) in [5.74, 6) is -0.153. The molecule has 0 saturated carbocycles. The molecule has 0 atom stereocenters. The van der Waals surface area contributed by atoms with E-state index in [1.54, 1.807) is 18.2 Å². The van der Waals surface area contributed by atoms with Crippen molar-refractivity contribution >= 4 is 27.4 Å². The number of anilines is 1. The second-order valence-electron chi connectivity index (χ2n) is 3.20. The molecule has 1 aromatic carbocycles. The monoisotopic (exact) mass is 277 g/mol. The average molecular weight is 278 g/mol. The van der Waals surface area contributed by atoms with Crippen molar-refractivity contribution in [3.63, 3.8) is 0 Å². The van der Waals surface area contributed by atoms with Crippen LogP contribution in [-0.2, 0) is 0 Å². The highest BCUT2D eigenvalue weighted by atomic mass is 79.9. The van der Waals surface area contributed by atoms with Crippen LogP contribution in [0.15, 0.2) is 41.4 Å². The Morgan fingerprint density at radius 2 is 1.94 bits per heavy atom. The molecule has 2 N–H and O–H groups in total. The minimum Gasteiger partial charge on any atom is -0.399 e. The molecule has 80 valence electrons. The van der Waals surface area contributed by atoms with Crippen molar-refractivity contribution in [3.05, 3.63) is 52.5 Å². The average Bonchev–Trinajstić information content (AvgIpc) is 2.32. The Labute approximate surface area is 101 Å². The molecule has 1 heterocycles. The fraction of sp³-hybridized carbons (Fsp3) is 0. The van der Waals surface area contributed by atoms with Crippen LogP contribution < -0.4 is 5.73 Å². The van der Waals surface area contributed by atoms with E-state index < -0.39 is 0 Å². The van der Waals surface area contributed by atoms with E-state index in [1.165, 1.54) is 18.7 Å². The van der Waals surface area contributed by atoms with Crippen molar-refractivity contribution in [2.75, 3.05) is 5.73 Å². The van der Waals surface area contributed by atoms with Gasteiger partial charge in [0.2, 0.25) is 0 Å². The van der Waals surface area contributed by atoms with Gasteiger partial charge in [0.1, 0.15) is 6.33 Å². The van der Waals surface area contributed by atoms with Crippen LogP contribution in [0.1, 0.15) is 15.9 Å². The first-order valence-corrected chi connectivity index (χ1v) is 5.32. The smallest absolute Gasteiger partial charge is 0.197 e. The summed E-state index contributed by atoms with van der Waals surface area (Å²) in [5, 5.41) is 0. The minimum atomic E-state index is -0.153. The topological polar surface area (TPSA) is 68.9 Å². The zero-order chi connectivity index (χ0) is 11.5. The van der Waals surface area contributed by atoms with Gasteiger partial charge in [-0.25, -0.2) is 9.97 Å². The number of nitrogens with two attached hydrogens (primary N) is 1. The number of hydrogen-bond acceptors (Lipinski definition) is 4. The summed E-state index contributed by atoms with van der Waals surface area (Å²) < 4.78 is 0.704. The molecule has 16 heavy (non-hydrogen) atoms. The molecule has 5 heteroatoms. The standard InChI is InChI=1S/C11H8BrN3O/c12-10-2-1-8(13)3-9(10)11(16)7-4-14-6-15-5-7/h1-6H,13H2. The van der Waals surface area contributed by atoms with Crippen LogP contribution in [-0.4, -0.2) is 15.8 Å². The Morgan fingerprint density at radius 3 is 2.62 bits per heavy atom. The zero-order valence-electron chi connectivity index (χ0n) is 8.22. The van der Waals surface area contributed by atoms with E-state index in [4.69, 9.17) is 5.73 Å². The number of hydrogen-bond donors (Lipinski definition) is 1. The van der Waals surface area contributed by atoms with Gasteiger partial charge in [-0.1, -0.05) is 15.9 Å². The first-order chi connectivity index (χ1) is 7.68. The molecule has 0 spiro atoms. The van der Waals surface area contributed by atoms with Crippen molar-refractivity contribution in [2.45, 2.75) is 0 Å². The minimum absolute atomic E-state index is 0.153. The van der Waals surface area contributed by atoms with E-state index in [0.29, 0.717) is 21.3 Å². The number of carbonyl (C=O) groups is 1. The summed E-state index contributed by atoms with van der Waals surface area (Å²) in [7, 11) is 0. The molecule has 0 radical (unpaired) electrons. The number of aromatic nitrogens is 2. The van der Waals surface area contributed by atoms with Gasteiger partial charge in [0, 0.05) is 28.1 Å². The Kier molecular flexibility index (Phi) is 2.96. The Balaban J connectivity index is 2.46. The molecule has 0 aliphatic rings. The number of halogens is 1. The molecular weight excluding hydrogens is 270 g/mol. The van der Waals surface area contributed by atoms with Crippen LogP contribution in [0.5, 0.6) is 0 Å². The van der Waals surface area contributed by atoms with Gasteiger partial charge in [-0.15, -0.1) is 0 Å². The van der Waals surface area contributed by atoms with Crippen LogP contribution in [0.4, 0.5) is 5.69 Å².